The van der Waals surface area contributed by atoms with Crippen LogP contribution >= 0.6 is 0 Å². The fourth-order valence-electron chi connectivity index (χ4n) is 2.68. The Bertz CT molecular complexity index is 156. The molecular formula is C10H16O2. The molecule has 0 aromatic rings. The van der Waals surface area contributed by atoms with E-state index in [4.69, 9.17) is 4.74 Å². The second-order valence-electron chi connectivity index (χ2n) is 4.02. The molecule has 0 aromatic carbocycles. The van der Waals surface area contributed by atoms with Gasteiger partial charge in [0, 0.05) is 6.61 Å². The van der Waals surface area contributed by atoms with Gasteiger partial charge in [-0.25, -0.2) is 5.11 Å². The van der Waals surface area contributed by atoms with Crippen LogP contribution in [0.25, 0.3) is 0 Å². The van der Waals surface area contributed by atoms with Gasteiger partial charge in [0.25, 0.3) is 0 Å². The molecule has 68 valence electrons. The van der Waals surface area contributed by atoms with Gasteiger partial charge in [0.15, 0.2) is 0 Å². The van der Waals surface area contributed by atoms with Crippen LogP contribution in [0.15, 0.2) is 0 Å². The highest BCUT2D eigenvalue weighted by molar-refractivity contribution is 4.92. The summed E-state index contributed by atoms with van der Waals surface area (Å²) in [5.74, 6) is 0.936. The molecule has 3 aliphatic carbocycles. The first kappa shape index (κ1) is 8.52. The third-order valence-corrected chi connectivity index (χ3v) is 3.36. The Morgan fingerprint density at radius 3 is 2.50 bits per heavy atom. The summed E-state index contributed by atoms with van der Waals surface area (Å²) >= 11 is 0. The van der Waals surface area contributed by atoms with Crippen molar-refractivity contribution in [2.75, 3.05) is 6.61 Å². The van der Waals surface area contributed by atoms with E-state index in [9.17, 15) is 5.11 Å². The Hall–Kier alpha value is -0.0800. The molecule has 3 aliphatic rings. The Labute approximate surface area is 73.9 Å². The van der Waals surface area contributed by atoms with E-state index in [1.807, 2.05) is 0 Å². The minimum Gasteiger partial charge on any atom is -0.378 e. The monoisotopic (exact) mass is 168 g/mol. The average Bonchev–Trinajstić information content (AvgIpc) is 2.07. The number of ether oxygens (including phenoxy) is 1. The van der Waals surface area contributed by atoms with Crippen LogP contribution in [0.3, 0.4) is 0 Å². The lowest BCUT2D eigenvalue weighted by Crippen LogP contribution is -2.44. The summed E-state index contributed by atoms with van der Waals surface area (Å²) in [4.78, 5) is 0. The van der Waals surface area contributed by atoms with Gasteiger partial charge in [-0.3, -0.25) is 0 Å². The van der Waals surface area contributed by atoms with Crippen molar-refractivity contribution in [3.05, 3.63) is 6.92 Å². The molecule has 2 bridgehead atoms. The van der Waals surface area contributed by atoms with Crippen LogP contribution in [0, 0.1) is 18.8 Å². The van der Waals surface area contributed by atoms with Crippen molar-refractivity contribution < 1.29 is 9.84 Å². The molecule has 0 aromatic heterocycles. The van der Waals surface area contributed by atoms with Gasteiger partial charge in [-0.2, -0.15) is 0 Å². The molecule has 0 heterocycles. The van der Waals surface area contributed by atoms with Gasteiger partial charge in [0.2, 0.25) is 0 Å². The predicted octanol–water partition coefficient (Wildman–Crippen LogP) is 1.82. The number of rotatable bonds is 2. The molecular weight excluding hydrogens is 152 g/mol. The summed E-state index contributed by atoms with van der Waals surface area (Å²) in [5, 5.41) is 11.4. The molecule has 0 spiro atoms. The zero-order valence-corrected chi connectivity index (χ0v) is 7.37. The Kier molecular flexibility index (Phi) is 2.37. The quantitative estimate of drug-likeness (QED) is 0.618. The topological polar surface area (TPSA) is 29.1 Å². The Balaban J connectivity index is 1.96. The normalized spacial score (nSPS) is 46.5. The van der Waals surface area contributed by atoms with Crippen LogP contribution in [0.2, 0.25) is 0 Å². The first-order valence-corrected chi connectivity index (χ1v) is 4.88. The smallest absolute Gasteiger partial charge is 0.0962 e. The lowest BCUT2D eigenvalue weighted by Gasteiger charge is -2.43. The minimum absolute atomic E-state index is 0.298. The number of hydrogen-bond acceptors (Lipinski definition) is 1. The number of fused-ring (bicyclic) bond motifs is 3. The van der Waals surface area contributed by atoms with Crippen LogP contribution in [0.5, 0.6) is 0 Å². The van der Waals surface area contributed by atoms with E-state index in [0.29, 0.717) is 24.5 Å². The fourth-order valence-corrected chi connectivity index (χ4v) is 2.68. The molecule has 0 aliphatic heterocycles. The average molecular weight is 168 g/mol. The lowest BCUT2D eigenvalue weighted by atomic mass is 9.67. The highest BCUT2D eigenvalue weighted by Crippen LogP contribution is 2.42. The second kappa shape index (κ2) is 3.35. The first-order valence-electron chi connectivity index (χ1n) is 4.88. The summed E-state index contributed by atoms with van der Waals surface area (Å²) in [6, 6.07) is 0. The van der Waals surface area contributed by atoms with E-state index in [2.05, 4.69) is 6.92 Å². The second-order valence-corrected chi connectivity index (χ2v) is 4.02. The molecule has 0 saturated heterocycles. The van der Waals surface area contributed by atoms with Gasteiger partial charge < -0.3 is 4.74 Å². The van der Waals surface area contributed by atoms with Gasteiger partial charge in [0.1, 0.15) is 0 Å². The van der Waals surface area contributed by atoms with E-state index >= 15 is 0 Å². The van der Waals surface area contributed by atoms with Crippen molar-refractivity contribution >= 4 is 0 Å². The summed E-state index contributed by atoms with van der Waals surface area (Å²) in [5.41, 5.74) is 0. The van der Waals surface area contributed by atoms with Crippen molar-refractivity contribution in [3.8, 4) is 0 Å². The molecule has 2 nitrogen and oxygen atoms in total. The van der Waals surface area contributed by atoms with E-state index in [1.54, 1.807) is 0 Å². The van der Waals surface area contributed by atoms with Gasteiger partial charge in [0.05, 0.1) is 12.2 Å². The molecule has 0 N–H and O–H groups in total. The zero-order valence-electron chi connectivity index (χ0n) is 7.37. The molecule has 3 rings (SSSR count). The summed E-state index contributed by atoms with van der Waals surface area (Å²) in [7, 11) is 0. The first-order chi connectivity index (χ1) is 5.81. The van der Waals surface area contributed by atoms with Crippen molar-refractivity contribution in [2.45, 2.75) is 37.9 Å². The summed E-state index contributed by atoms with van der Waals surface area (Å²) < 4.78 is 5.52. The molecule has 12 heavy (non-hydrogen) atoms. The van der Waals surface area contributed by atoms with Gasteiger partial charge in [-0.15, -0.1) is 0 Å². The van der Waals surface area contributed by atoms with E-state index < -0.39 is 0 Å². The maximum Gasteiger partial charge on any atom is 0.0962 e. The highest BCUT2D eigenvalue weighted by Gasteiger charge is 2.42. The van der Waals surface area contributed by atoms with Gasteiger partial charge in [-0.05, 0) is 44.4 Å². The van der Waals surface area contributed by atoms with Crippen molar-refractivity contribution in [1.29, 1.82) is 0 Å². The van der Waals surface area contributed by atoms with Crippen LogP contribution in [-0.2, 0) is 9.84 Å². The predicted molar refractivity (Wildman–Crippen MR) is 45.0 cm³/mol. The van der Waals surface area contributed by atoms with Crippen LogP contribution in [0.1, 0.15) is 25.7 Å². The molecule has 2 radical (unpaired) electrons. The summed E-state index contributed by atoms with van der Waals surface area (Å²) in [6.45, 7) is 4.24. The van der Waals surface area contributed by atoms with Gasteiger partial charge >= 0.3 is 0 Å². The van der Waals surface area contributed by atoms with Crippen LogP contribution in [0.4, 0.5) is 0 Å². The molecule has 3 saturated carbocycles. The van der Waals surface area contributed by atoms with Crippen molar-refractivity contribution in [3.63, 3.8) is 0 Å². The Morgan fingerprint density at radius 1 is 1.25 bits per heavy atom. The SMILES string of the molecule is [CH2]COC1CC2CCC1CC2[O]. The largest absolute Gasteiger partial charge is 0.378 e. The molecule has 2 heteroatoms. The molecule has 0 amide bonds. The summed E-state index contributed by atoms with van der Waals surface area (Å²) in [6.07, 6.45) is 4.23. The van der Waals surface area contributed by atoms with Crippen molar-refractivity contribution in [2.24, 2.45) is 11.8 Å². The van der Waals surface area contributed by atoms with E-state index in [-0.39, 0.29) is 6.10 Å². The standard InChI is InChI=1S/C10H16O2/c1-2-12-10-6-7-3-4-8(10)5-9(7)11/h7-10H,1-6H2. The zero-order chi connectivity index (χ0) is 8.55. The third-order valence-electron chi connectivity index (χ3n) is 3.36. The fraction of sp³-hybridized carbons (Fsp3) is 0.900. The lowest BCUT2D eigenvalue weighted by molar-refractivity contribution is -0.116. The molecule has 4 unspecified atom stereocenters. The molecule has 4 atom stereocenters. The van der Waals surface area contributed by atoms with Crippen LogP contribution < -0.4 is 0 Å². The number of hydrogen-bond donors (Lipinski definition) is 0. The maximum atomic E-state index is 11.4. The Morgan fingerprint density at radius 2 is 2.00 bits per heavy atom. The minimum atomic E-state index is -0.298. The van der Waals surface area contributed by atoms with E-state index in [1.165, 1.54) is 6.42 Å². The highest BCUT2D eigenvalue weighted by atomic mass is 16.5. The third kappa shape index (κ3) is 1.38. The van der Waals surface area contributed by atoms with Gasteiger partial charge in [-0.1, -0.05) is 0 Å². The maximum absolute atomic E-state index is 11.4. The van der Waals surface area contributed by atoms with Crippen molar-refractivity contribution in [1.82, 2.24) is 0 Å². The van der Waals surface area contributed by atoms with E-state index in [0.717, 1.165) is 19.3 Å². The molecule has 3 fully saturated rings. The van der Waals surface area contributed by atoms with Crippen LogP contribution in [-0.4, -0.2) is 18.8 Å².